The number of fused-ring (bicyclic) bond motifs is 1. The van der Waals surface area contributed by atoms with E-state index in [1.165, 1.54) is 4.57 Å². The molecule has 2 N–H and O–H groups in total. The van der Waals surface area contributed by atoms with E-state index in [-0.39, 0.29) is 0 Å². The summed E-state index contributed by atoms with van der Waals surface area (Å²) in [6.45, 7) is 0.405. The molecule has 0 fully saturated rings. The van der Waals surface area contributed by atoms with Crippen molar-refractivity contribution in [3.05, 3.63) is 92.6 Å². The van der Waals surface area contributed by atoms with E-state index >= 15 is 0 Å². The molecule has 4 aromatic rings. The number of H-pyrrole nitrogens is 1. The van der Waals surface area contributed by atoms with Gasteiger partial charge in [-0.2, -0.15) is 10.1 Å². The maximum atomic E-state index is 12.5. The molecule has 0 aliphatic heterocycles. The second-order valence-corrected chi connectivity index (χ2v) is 6.28. The molecule has 0 radical (unpaired) electrons. The van der Waals surface area contributed by atoms with Gasteiger partial charge < -0.3 is 0 Å². The summed E-state index contributed by atoms with van der Waals surface area (Å²) in [5.41, 5.74) is 4.42. The maximum absolute atomic E-state index is 12.5. The van der Waals surface area contributed by atoms with Crippen LogP contribution in [0.1, 0.15) is 11.1 Å². The number of nitrogens with zero attached hydrogens (tertiary/aromatic N) is 4. The Bertz CT molecular complexity index is 1250. The highest BCUT2D eigenvalue weighted by molar-refractivity contribution is 5.80. The van der Waals surface area contributed by atoms with Crippen molar-refractivity contribution in [2.24, 2.45) is 12.1 Å². The van der Waals surface area contributed by atoms with Crippen LogP contribution in [0.15, 0.2) is 75.4 Å². The van der Waals surface area contributed by atoms with E-state index in [4.69, 9.17) is 0 Å². The minimum absolute atomic E-state index is 0.294. The Morgan fingerprint density at radius 3 is 2.46 bits per heavy atom. The third-order valence-corrected chi connectivity index (χ3v) is 4.37. The summed E-state index contributed by atoms with van der Waals surface area (Å²) < 4.78 is 3.02. The van der Waals surface area contributed by atoms with Gasteiger partial charge in [-0.3, -0.25) is 18.9 Å². The minimum Gasteiger partial charge on any atom is -0.298 e. The van der Waals surface area contributed by atoms with Gasteiger partial charge in [0.15, 0.2) is 11.2 Å². The van der Waals surface area contributed by atoms with E-state index in [2.05, 4.69) is 20.5 Å². The third kappa shape index (κ3) is 3.35. The first kappa shape index (κ1) is 17.5. The quantitative estimate of drug-likeness (QED) is 0.412. The normalized spacial score (nSPS) is 11.3. The van der Waals surface area contributed by atoms with Crippen molar-refractivity contribution in [3.63, 3.8) is 0 Å². The standard InChI is InChI=1S/C20H18N6O2/c1-25-17-16(18(27)23-20(25)28)26(13-15-10-6-3-7-11-15)19(22-17)24-21-12-14-8-4-2-5-9-14/h2-12H,13H2,1H3,(H,22,24)(H,23,27,28)/b21-12+. The molecule has 2 heterocycles. The Morgan fingerprint density at radius 2 is 1.75 bits per heavy atom. The SMILES string of the molecule is Cn1c(=O)[nH]c(=O)c2c1nc(N/N=C/c1ccccc1)n2Cc1ccccc1. The van der Waals surface area contributed by atoms with Gasteiger partial charge >= 0.3 is 5.69 Å². The van der Waals surface area contributed by atoms with E-state index in [1.807, 2.05) is 60.7 Å². The van der Waals surface area contributed by atoms with Crippen LogP contribution in [-0.4, -0.2) is 25.3 Å². The average molecular weight is 374 g/mol. The van der Waals surface area contributed by atoms with Gasteiger partial charge in [-0.05, 0) is 11.1 Å². The first-order valence-corrected chi connectivity index (χ1v) is 8.71. The van der Waals surface area contributed by atoms with Gasteiger partial charge in [-0.1, -0.05) is 60.7 Å². The zero-order chi connectivity index (χ0) is 19.5. The number of nitrogens with one attached hydrogen (secondary N) is 2. The molecule has 0 atom stereocenters. The lowest BCUT2D eigenvalue weighted by Gasteiger charge is -2.08. The van der Waals surface area contributed by atoms with Crippen LogP contribution in [0.25, 0.3) is 11.2 Å². The molecule has 8 nitrogen and oxygen atoms in total. The number of rotatable bonds is 5. The van der Waals surface area contributed by atoms with Crippen molar-refractivity contribution < 1.29 is 0 Å². The van der Waals surface area contributed by atoms with Crippen LogP contribution in [-0.2, 0) is 13.6 Å². The van der Waals surface area contributed by atoms with Crippen LogP contribution < -0.4 is 16.7 Å². The van der Waals surface area contributed by atoms with Crippen molar-refractivity contribution in [3.8, 4) is 0 Å². The van der Waals surface area contributed by atoms with Crippen molar-refractivity contribution in [1.29, 1.82) is 0 Å². The highest BCUT2D eigenvalue weighted by atomic mass is 16.2. The smallest absolute Gasteiger partial charge is 0.298 e. The molecule has 0 saturated heterocycles. The number of anilines is 1. The lowest BCUT2D eigenvalue weighted by atomic mass is 10.2. The maximum Gasteiger partial charge on any atom is 0.329 e. The Hall–Kier alpha value is -3.94. The zero-order valence-electron chi connectivity index (χ0n) is 15.2. The van der Waals surface area contributed by atoms with Crippen molar-refractivity contribution in [2.45, 2.75) is 6.54 Å². The van der Waals surface area contributed by atoms with Crippen LogP contribution in [0, 0.1) is 0 Å². The lowest BCUT2D eigenvalue weighted by molar-refractivity contribution is 0.808. The van der Waals surface area contributed by atoms with Crippen molar-refractivity contribution >= 4 is 23.3 Å². The summed E-state index contributed by atoms with van der Waals surface area (Å²) in [6.07, 6.45) is 1.66. The molecule has 0 amide bonds. The summed E-state index contributed by atoms with van der Waals surface area (Å²) in [7, 11) is 1.57. The highest BCUT2D eigenvalue weighted by Gasteiger charge is 2.17. The summed E-state index contributed by atoms with van der Waals surface area (Å²) in [5, 5.41) is 4.23. The molecule has 4 rings (SSSR count). The number of aryl methyl sites for hydroxylation is 1. The number of hydrogen-bond donors (Lipinski definition) is 2. The second-order valence-electron chi connectivity index (χ2n) is 6.28. The Labute approximate surface area is 159 Å². The molecule has 8 heteroatoms. The molecule has 2 aromatic heterocycles. The van der Waals surface area contributed by atoms with Gasteiger partial charge in [0.2, 0.25) is 5.95 Å². The number of hydrazone groups is 1. The number of aromatic nitrogens is 4. The molecular formula is C20H18N6O2. The minimum atomic E-state index is -0.513. The van der Waals surface area contributed by atoms with E-state index in [0.717, 1.165) is 11.1 Å². The molecule has 0 saturated carbocycles. The summed E-state index contributed by atoms with van der Waals surface area (Å²) in [5.74, 6) is 0.373. The predicted octanol–water partition coefficient (Wildman–Crippen LogP) is 1.92. The van der Waals surface area contributed by atoms with Crippen LogP contribution in [0.4, 0.5) is 5.95 Å². The second kappa shape index (κ2) is 7.36. The van der Waals surface area contributed by atoms with Crippen molar-refractivity contribution in [1.82, 2.24) is 19.1 Å². The average Bonchev–Trinajstić information content (AvgIpc) is 3.07. The van der Waals surface area contributed by atoms with Gasteiger partial charge in [0.25, 0.3) is 5.56 Å². The van der Waals surface area contributed by atoms with E-state index < -0.39 is 11.2 Å². The highest BCUT2D eigenvalue weighted by Crippen LogP contribution is 2.17. The van der Waals surface area contributed by atoms with Crippen molar-refractivity contribution in [2.75, 3.05) is 5.43 Å². The van der Waals surface area contributed by atoms with E-state index in [1.54, 1.807) is 17.8 Å². The number of hydrogen-bond acceptors (Lipinski definition) is 5. The van der Waals surface area contributed by atoms with Gasteiger partial charge in [0, 0.05) is 7.05 Å². The van der Waals surface area contributed by atoms with Gasteiger partial charge in [0.05, 0.1) is 12.8 Å². The molecule has 2 aromatic carbocycles. The largest absolute Gasteiger partial charge is 0.329 e. The molecule has 0 aliphatic rings. The van der Waals surface area contributed by atoms with E-state index in [9.17, 15) is 9.59 Å². The molecular weight excluding hydrogens is 356 g/mol. The van der Waals surface area contributed by atoms with Crippen LogP contribution in [0.2, 0.25) is 0 Å². The van der Waals surface area contributed by atoms with Gasteiger partial charge in [-0.25, -0.2) is 10.2 Å². The fraction of sp³-hybridized carbons (Fsp3) is 0.100. The topological polar surface area (TPSA) is 97.1 Å². The van der Waals surface area contributed by atoms with Gasteiger partial charge in [-0.15, -0.1) is 0 Å². The molecule has 0 spiro atoms. The first-order chi connectivity index (χ1) is 13.6. The molecule has 0 aliphatic carbocycles. The third-order valence-electron chi connectivity index (χ3n) is 4.37. The summed E-state index contributed by atoms with van der Waals surface area (Å²) >= 11 is 0. The van der Waals surface area contributed by atoms with Crippen LogP contribution in [0.5, 0.6) is 0 Å². The fourth-order valence-corrected chi connectivity index (χ4v) is 2.94. The molecule has 0 bridgehead atoms. The molecule has 0 unspecified atom stereocenters. The fourth-order valence-electron chi connectivity index (χ4n) is 2.94. The summed E-state index contributed by atoms with van der Waals surface area (Å²) in [6, 6.07) is 19.3. The van der Waals surface area contributed by atoms with Crippen LogP contribution in [0.3, 0.4) is 0 Å². The Kier molecular flexibility index (Phi) is 4.59. The molecule has 28 heavy (non-hydrogen) atoms. The molecule has 140 valence electrons. The van der Waals surface area contributed by atoms with Gasteiger partial charge in [0.1, 0.15) is 0 Å². The summed E-state index contributed by atoms with van der Waals surface area (Å²) in [4.78, 5) is 31.2. The van der Waals surface area contributed by atoms with Crippen LogP contribution >= 0.6 is 0 Å². The first-order valence-electron chi connectivity index (χ1n) is 8.71. The monoisotopic (exact) mass is 374 g/mol. The predicted molar refractivity (Wildman–Crippen MR) is 109 cm³/mol. The Balaban J connectivity index is 1.80. The lowest BCUT2D eigenvalue weighted by Crippen LogP contribution is -2.29. The van der Waals surface area contributed by atoms with E-state index in [0.29, 0.717) is 23.7 Å². The Morgan fingerprint density at radius 1 is 1.07 bits per heavy atom. The zero-order valence-corrected chi connectivity index (χ0v) is 15.2. The number of benzene rings is 2. The number of aromatic amines is 1. The number of imidazole rings is 1.